The first-order valence-corrected chi connectivity index (χ1v) is 9.32. The van der Waals surface area contributed by atoms with Gasteiger partial charge in [-0.3, -0.25) is 0 Å². The molecule has 0 amide bonds. The monoisotopic (exact) mass is 362 g/mol. The van der Waals surface area contributed by atoms with Crippen LogP contribution in [0.25, 0.3) is 0 Å². The Morgan fingerprint density at radius 2 is 2.12 bits per heavy atom. The molecule has 1 unspecified atom stereocenters. The molecule has 1 aliphatic heterocycles. The van der Waals surface area contributed by atoms with Crippen LogP contribution in [0.1, 0.15) is 40.9 Å². The van der Waals surface area contributed by atoms with Gasteiger partial charge in [0.1, 0.15) is 5.75 Å². The van der Waals surface area contributed by atoms with Gasteiger partial charge in [0.05, 0.1) is 12.2 Å². The highest BCUT2D eigenvalue weighted by Crippen LogP contribution is 2.28. The van der Waals surface area contributed by atoms with Crippen molar-refractivity contribution in [1.82, 2.24) is 9.71 Å². The van der Waals surface area contributed by atoms with Crippen LogP contribution < -0.4 is 9.46 Å². The number of benzene rings is 1. The van der Waals surface area contributed by atoms with Crippen molar-refractivity contribution in [1.29, 1.82) is 0 Å². The number of carbonyl (C=O) groups is 1. The van der Waals surface area contributed by atoms with Crippen LogP contribution in [0.5, 0.6) is 5.75 Å². The Balaban J connectivity index is 1.83. The molecule has 1 atom stereocenters. The summed E-state index contributed by atoms with van der Waals surface area (Å²) in [7, 11) is -3.94. The topological polar surface area (TPSA) is 106 Å². The average Bonchev–Trinajstić information content (AvgIpc) is 2.61. The summed E-state index contributed by atoms with van der Waals surface area (Å²) in [6.45, 7) is 2.42. The Kier molecular flexibility index (Phi) is 4.73. The van der Waals surface area contributed by atoms with E-state index in [1.54, 1.807) is 6.92 Å². The largest absolute Gasteiger partial charge is 0.493 e. The second-order valence-corrected chi connectivity index (χ2v) is 7.51. The fraction of sp³-hybridized carbons (Fsp3) is 0.294. The van der Waals surface area contributed by atoms with Crippen LogP contribution in [0.15, 0.2) is 41.6 Å². The van der Waals surface area contributed by atoms with Gasteiger partial charge in [-0.25, -0.2) is 22.9 Å². The number of aryl methyl sites for hydroxylation is 1. The predicted octanol–water partition coefficient (Wildman–Crippen LogP) is 2.14. The van der Waals surface area contributed by atoms with Gasteiger partial charge >= 0.3 is 5.97 Å². The van der Waals surface area contributed by atoms with Crippen LogP contribution in [0.2, 0.25) is 0 Å². The highest BCUT2D eigenvalue weighted by atomic mass is 32.2. The van der Waals surface area contributed by atoms with E-state index in [-0.39, 0.29) is 10.6 Å². The Morgan fingerprint density at radius 3 is 2.88 bits per heavy atom. The molecule has 0 bridgehead atoms. The zero-order valence-electron chi connectivity index (χ0n) is 13.6. The maximum absolute atomic E-state index is 12.5. The van der Waals surface area contributed by atoms with Gasteiger partial charge in [0.25, 0.3) is 10.0 Å². The number of aromatic carboxylic acids is 1. The zero-order chi connectivity index (χ0) is 18.0. The minimum atomic E-state index is -3.94. The molecule has 0 aliphatic carbocycles. The van der Waals surface area contributed by atoms with Crippen LogP contribution in [0, 0.1) is 0 Å². The van der Waals surface area contributed by atoms with Gasteiger partial charge in [0.2, 0.25) is 0 Å². The molecule has 0 saturated heterocycles. The smallest absolute Gasteiger partial charge is 0.335 e. The quantitative estimate of drug-likeness (QED) is 0.844. The van der Waals surface area contributed by atoms with E-state index in [2.05, 4.69) is 9.71 Å². The molecule has 7 nitrogen and oxygen atoms in total. The average molecular weight is 362 g/mol. The van der Waals surface area contributed by atoms with Crippen LogP contribution >= 0.6 is 0 Å². The number of carboxylic acids is 1. The fourth-order valence-corrected chi connectivity index (χ4v) is 3.90. The number of rotatable bonds is 5. The van der Waals surface area contributed by atoms with Crippen LogP contribution in [0.4, 0.5) is 0 Å². The van der Waals surface area contributed by atoms with Gasteiger partial charge in [0, 0.05) is 12.2 Å². The SMILES string of the molecule is CC(NS(=O)(=O)c1cc(C(=O)O)ccn1)c1ccc2c(c1)CCCO2. The molecular weight excluding hydrogens is 344 g/mol. The molecule has 2 aromatic rings. The van der Waals surface area contributed by atoms with Crippen molar-refractivity contribution in [3.05, 3.63) is 53.2 Å². The van der Waals surface area contributed by atoms with Gasteiger partial charge < -0.3 is 9.84 Å². The maximum atomic E-state index is 12.5. The molecule has 0 fully saturated rings. The van der Waals surface area contributed by atoms with E-state index >= 15 is 0 Å². The number of hydrogen-bond acceptors (Lipinski definition) is 5. The number of aromatic nitrogens is 1. The first-order chi connectivity index (χ1) is 11.9. The summed E-state index contributed by atoms with van der Waals surface area (Å²) in [5.74, 6) is -0.373. The van der Waals surface area contributed by atoms with Crippen molar-refractivity contribution < 1.29 is 23.1 Å². The van der Waals surface area contributed by atoms with Crippen molar-refractivity contribution in [2.24, 2.45) is 0 Å². The summed E-state index contributed by atoms with van der Waals surface area (Å²) in [4.78, 5) is 14.8. The number of sulfonamides is 1. The fourth-order valence-electron chi connectivity index (χ4n) is 2.70. The molecule has 1 aliphatic rings. The number of pyridine rings is 1. The molecule has 25 heavy (non-hydrogen) atoms. The second kappa shape index (κ2) is 6.81. The number of ether oxygens (including phenoxy) is 1. The lowest BCUT2D eigenvalue weighted by molar-refractivity contribution is 0.0696. The lowest BCUT2D eigenvalue weighted by Crippen LogP contribution is -2.28. The Hall–Kier alpha value is -2.45. The molecule has 132 valence electrons. The van der Waals surface area contributed by atoms with Crippen molar-refractivity contribution in [2.75, 3.05) is 6.61 Å². The molecule has 0 saturated carbocycles. The van der Waals surface area contributed by atoms with E-state index in [0.717, 1.165) is 35.8 Å². The predicted molar refractivity (Wildman–Crippen MR) is 90.2 cm³/mol. The Morgan fingerprint density at radius 1 is 1.32 bits per heavy atom. The molecule has 2 heterocycles. The molecular formula is C17H18N2O5S. The van der Waals surface area contributed by atoms with Crippen molar-refractivity contribution >= 4 is 16.0 Å². The molecule has 0 spiro atoms. The first-order valence-electron chi connectivity index (χ1n) is 7.84. The molecule has 0 radical (unpaired) electrons. The summed E-state index contributed by atoms with van der Waals surface area (Å²) in [6, 6.07) is 7.39. The number of hydrogen-bond donors (Lipinski definition) is 2. The highest BCUT2D eigenvalue weighted by molar-refractivity contribution is 7.89. The normalized spacial score (nSPS) is 15.1. The van der Waals surface area contributed by atoms with E-state index < -0.39 is 22.0 Å². The molecule has 1 aromatic heterocycles. The second-order valence-electron chi connectivity index (χ2n) is 5.85. The first kappa shape index (κ1) is 17.4. The van der Waals surface area contributed by atoms with Crippen LogP contribution in [0.3, 0.4) is 0 Å². The standard InChI is InChI=1S/C17H18N2O5S/c1-11(12-4-5-15-13(9-12)3-2-8-24-15)19-25(22,23)16-10-14(17(20)21)6-7-18-16/h4-7,9-11,19H,2-3,8H2,1H3,(H,20,21). The maximum Gasteiger partial charge on any atom is 0.335 e. The van der Waals surface area contributed by atoms with Crippen molar-refractivity contribution in [2.45, 2.75) is 30.8 Å². The summed E-state index contributed by atoms with van der Waals surface area (Å²) >= 11 is 0. The van der Waals surface area contributed by atoms with Crippen molar-refractivity contribution in [3.8, 4) is 5.75 Å². The number of nitrogens with one attached hydrogen (secondary N) is 1. The van der Waals surface area contributed by atoms with E-state index in [0.29, 0.717) is 6.61 Å². The third-order valence-corrected chi connectivity index (χ3v) is 5.46. The van der Waals surface area contributed by atoms with E-state index in [1.165, 1.54) is 12.3 Å². The third-order valence-electron chi connectivity index (χ3n) is 4.02. The molecule has 2 N–H and O–H groups in total. The lowest BCUT2D eigenvalue weighted by atomic mass is 10.0. The molecule has 3 rings (SSSR count). The van der Waals surface area contributed by atoms with Crippen molar-refractivity contribution in [3.63, 3.8) is 0 Å². The van der Waals surface area contributed by atoms with Gasteiger partial charge in [-0.2, -0.15) is 0 Å². The van der Waals surface area contributed by atoms with Crippen LogP contribution in [-0.2, 0) is 16.4 Å². The van der Waals surface area contributed by atoms with Gasteiger partial charge in [-0.05, 0) is 49.1 Å². The minimum Gasteiger partial charge on any atom is -0.493 e. The summed E-state index contributed by atoms with van der Waals surface area (Å²) in [5.41, 5.74) is 1.73. The Bertz CT molecular complexity index is 911. The molecule has 1 aromatic carbocycles. The summed E-state index contributed by atoms with van der Waals surface area (Å²) in [5, 5.41) is 8.67. The number of nitrogens with zero attached hydrogens (tertiary/aromatic N) is 1. The number of fused-ring (bicyclic) bond motifs is 1. The van der Waals surface area contributed by atoms with E-state index in [9.17, 15) is 13.2 Å². The van der Waals surface area contributed by atoms with Gasteiger partial charge in [-0.15, -0.1) is 0 Å². The lowest BCUT2D eigenvalue weighted by Gasteiger charge is -2.20. The van der Waals surface area contributed by atoms with E-state index in [1.807, 2.05) is 18.2 Å². The third kappa shape index (κ3) is 3.80. The van der Waals surface area contributed by atoms with Gasteiger partial charge in [0.15, 0.2) is 5.03 Å². The summed E-state index contributed by atoms with van der Waals surface area (Å²) in [6.07, 6.45) is 2.99. The summed E-state index contributed by atoms with van der Waals surface area (Å²) < 4.78 is 33.1. The minimum absolute atomic E-state index is 0.131. The highest BCUT2D eigenvalue weighted by Gasteiger charge is 2.22. The Labute approximate surface area is 145 Å². The van der Waals surface area contributed by atoms with Gasteiger partial charge in [-0.1, -0.05) is 12.1 Å². The van der Waals surface area contributed by atoms with Crippen LogP contribution in [-0.4, -0.2) is 31.1 Å². The zero-order valence-corrected chi connectivity index (χ0v) is 14.4. The van der Waals surface area contributed by atoms with E-state index in [4.69, 9.17) is 9.84 Å². The number of carboxylic acid groups (broad SMARTS) is 1. The molecule has 8 heteroatoms.